The first-order chi connectivity index (χ1) is 13.9. The highest BCUT2D eigenvalue weighted by molar-refractivity contribution is 5.96. The van der Waals surface area contributed by atoms with Crippen molar-refractivity contribution in [3.8, 4) is 5.75 Å². The van der Waals surface area contributed by atoms with E-state index < -0.39 is 34.2 Å². The van der Waals surface area contributed by atoms with Gasteiger partial charge in [0, 0.05) is 29.8 Å². The number of hydrogen-bond donors (Lipinski definition) is 2. The molecule has 0 radical (unpaired) electrons. The van der Waals surface area contributed by atoms with Gasteiger partial charge in [0.1, 0.15) is 5.78 Å². The Morgan fingerprint density at radius 1 is 1.33 bits per heavy atom. The van der Waals surface area contributed by atoms with Gasteiger partial charge in [-0.2, -0.15) is 0 Å². The molecule has 160 valence electrons. The number of nitrogens with one attached hydrogen (secondary N) is 1. The van der Waals surface area contributed by atoms with Gasteiger partial charge in [0.15, 0.2) is 5.75 Å². The number of rotatable bonds is 4. The van der Waals surface area contributed by atoms with Crippen molar-refractivity contribution in [1.82, 2.24) is 5.32 Å². The van der Waals surface area contributed by atoms with Crippen LogP contribution in [0, 0.1) is 21.4 Å². The molecule has 0 aromatic heterocycles. The fourth-order valence-corrected chi connectivity index (χ4v) is 4.25. The summed E-state index contributed by atoms with van der Waals surface area (Å²) in [6.45, 7) is 9.09. The van der Waals surface area contributed by atoms with Crippen LogP contribution in [0.15, 0.2) is 41.2 Å². The fourth-order valence-electron chi connectivity index (χ4n) is 4.25. The Bertz CT molecular complexity index is 989. The predicted octanol–water partition coefficient (Wildman–Crippen LogP) is 3.71. The van der Waals surface area contributed by atoms with Crippen molar-refractivity contribution >= 4 is 17.4 Å². The topological polar surface area (TPSA) is 119 Å². The minimum absolute atomic E-state index is 0.0620. The number of phenols is 1. The summed E-state index contributed by atoms with van der Waals surface area (Å²) < 4.78 is 5.42. The second kappa shape index (κ2) is 7.59. The minimum Gasteiger partial charge on any atom is -0.502 e. The van der Waals surface area contributed by atoms with Gasteiger partial charge < -0.3 is 15.2 Å². The zero-order valence-electron chi connectivity index (χ0n) is 17.7. The zero-order valence-corrected chi connectivity index (χ0v) is 17.7. The molecule has 1 aliphatic carbocycles. The molecule has 1 heterocycles. The molecule has 3 rings (SSSR count). The van der Waals surface area contributed by atoms with Crippen molar-refractivity contribution in [3.63, 3.8) is 0 Å². The first-order valence-corrected chi connectivity index (χ1v) is 9.83. The van der Waals surface area contributed by atoms with E-state index in [2.05, 4.69) is 5.32 Å². The van der Waals surface area contributed by atoms with E-state index in [1.807, 2.05) is 19.9 Å². The number of phenolic OH excluding ortho intramolecular Hbond substituents is 1. The third-order valence-electron chi connectivity index (χ3n) is 5.36. The maximum atomic E-state index is 13.2. The summed E-state index contributed by atoms with van der Waals surface area (Å²) in [7, 11) is 0. The van der Waals surface area contributed by atoms with Crippen LogP contribution in [0.1, 0.15) is 52.5 Å². The average Bonchev–Trinajstić information content (AvgIpc) is 2.58. The maximum Gasteiger partial charge on any atom is 0.336 e. The number of ether oxygens (including phenoxy) is 1. The van der Waals surface area contributed by atoms with Crippen LogP contribution in [0.4, 0.5) is 5.69 Å². The van der Waals surface area contributed by atoms with Crippen LogP contribution in [0.3, 0.4) is 0 Å². The fraction of sp³-hybridized carbons (Fsp3) is 0.455. The molecule has 30 heavy (non-hydrogen) atoms. The monoisotopic (exact) mass is 414 g/mol. The Morgan fingerprint density at radius 2 is 2.00 bits per heavy atom. The second-order valence-electron chi connectivity index (χ2n) is 8.81. The van der Waals surface area contributed by atoms with Crippen molar-refractivity contribution in [3.05, 3.63) is 56.9 Å². The Hall–Kier alpha value is -3.16. The average molecular weight is 414 g/mol. The molecule has 0 saturated heterocycles. The number of esters is 1. The van der Waals surface area contributed by atoms with Crippen LogP contribution in [0.2, 0.25) is 0 Å². The molecule has 0 fully saturated rings. The van der Waals surface area contributed by atoms with Gasteiger partial charge >= 0.3 is 11.7 Å². The lowest BCUT2D eigenvalue weighted by molar-refractivity contribution is -0.385. The Morgan fingerprint density at radius 3 is 2.60 bits per heavy atom. The summed E-state index contributed by atoms with van der Waals surface area (Å²) in [6.07, 6.45) is 1.89. The van der Waals surface area contributed by atoms with Crippen molar-refractivity contribution in [2.24, 2.45) is 11.3 Å². The molecule has 2 atom stereocenters. The number of allylic oxidation sites excluding steroid dienone is 3. The molecule has 2 unspecified atom stereocenters. The number of carbonyl (C=O) groups is 2. The van der Waals surface area contributed by atoms with Gasteiger partial charge in [-0.05, 0) is 37.8 Å². The van der Waals surface area contributed by atoms with E-state index in [1.54, 1.807) is 20.8 Å². The van der Waals surface area contributed by atoms with E-state index in [0.29, 0.717) is 17.0 Å². The Kier molecular flexibility index (Phi) is 5.45. The third kappa shape index (κ3) is 3.94. The number of carbonyl (C=O) groups excluding carboxylic acids is 2. The van der Waals surface area contributed by atoms with Gasteiger partial charge in [-0.25, -0.2) is 4.79 Å². The van der Waals surface area contributed by atoms with Crippen molar-refractivity contribution in [1.29, 1.82) is 0 Å². The van der Waals surface area contributed by atoms with Gasteiger partial charge in [-0.15, -0.1) is 0 Å². The minimum atomic E-state index is -0.758. The maximum absolute atomic E-state index is 13.2. The predicted molar refractivity (Wildman–Crippen MR) is 110 cm³/mol. The number of Topliss-reactive ketones (excluding diaryl/α,β-unsaturated/α-hetero) is 1. The third-order valence-corrected chi connectivity index (χ3v) is 5.36. The van der Waals surface area contributed by atoms with Gasteiger partial charge in [0.2, 0.25) is 0 Å². The number of fused-ring (bicyclic) bond motifs is 1. The van der Waals surface area contributed by atoms with E-state index in [9.17, 15) is 24.8 Å². The quantitative estimate of drug-likeness (QED) is 0.438. The normalized spacial score (nSPS) is 22.9. The molecular formula is C22H26N2O6. The van der Waals surface area contributed by atoms with Gasteiger partial charge in [-0.3, -0.25) is 14.9 Å². The molecule has 1 aromatic carbocycles. The number of hydrogen-bond acceptors (Lipinski definition) is 7. The number of aromatic hydroxyl groups is 1. The Labute approximate surface area is 174 Å². The molecule has 8 heteroatoms. The van der Waals surface area contributed by atoms with Gasteiger partial charge in [0.05, 0.1) is 22.5 Å². The standard InChI is InChI=1S/C22H26N2O6/c1-11(2)30-21(27)18-12(3)23-14-9-22(4,5)10-17(26)20(14)19(18)13-6-7-16(25)15(8-13)24(28)29/h6-9,11,19-20,23,25H,10H2,1-5H3. The molecule has 1 aliphatic heterocycles. The van der Waals surface area contributed by atoms with Crippen LogP contribution in [-0.4, -0.2) is 27.9 Å². The molecule has 0 spiro atoms. The van der Waals surface area contributed by atoms with E-state index in [0.717, 1.165) is 0 Å². The van der Waals surface area contributed by atoms with E-state index in [4.69, 9.17) is 4.74 Å². The van der Waals surface area contributed by atoms with Crippen molar-refractivity contribution < 1.29 is 24.4 Å². The highest BCUT2D eigenvalue weighted by Crippen LogP contribution is 2.48. The molecule has 2 aliphatic rings. The van der Waals surface area contributed by atoms with Crippen LogP contribution in [-0.2, 0) is 14.3 Å². The highest BCUT2D eigenvalue weighted by Gasteiger charge is 2.46. The molecule has 0 saturated carbocycles. The van der Waals surface area contributed by atoms with Crippen LogP contribution >= 0.6 is 0 Å². The van der Waals surface area contributed by atoms with Crippen LogP contribution < -0.4 is 5.32 Å². The van der Waals surface area contributed by atoms with E-state index in [1.165, 1.54) is 18.2 Å². The van der Waals surface area contributed by atoms with E-state index >= 15 is 0 Å². The SMILES string of the molecule is CC1=C(C(=O)OC(C)C)C(c2ccc(O)c([N+](=O)[O-])c2)C2C(=O)CC(C)(C)C=C2N1. The summed E-state index contributed by atoms with van der Waals surface area (Å²) in [5, 5.41) is 24.4. The van der Waals surface area contributed by atoms with Crippen LogP contribution in [0.5, 0.6) is 5.75 Å². The van der Waals surface area contributed by atoms with E-state index in [-0.39, 0.29) is 29.3 Å². The zero-order chi connectivity index (χ0) is 22.4. The largest absolute Gasteiger partial charge is 0.502 e. The van der Waals surface area contributed by atoms with Crippen molar-refractivity contribution in [2.75, 3.05) is 0 Å². The number of nitrogens with zero attached hydrogens (tertiary/aromatic N) is 1. The summed E-state index contributed by atoms with van der Waals surface area (Å²) in [6, 6.07) is 3.96. The van der Waals surface area contributed by atoms with Crippen LogP contribution in [0.25, 0.3) is 0 Å². The molecule has 0 bridgehead atoms. The number of nitro benzene ring substituents is 1. The second-order valence-corrected chi connectivity index (χ2v) is 8.81. The lowest BCUT2D eigenvalue weighted by Gasteiger charge is -2.41. The first-order valence-electron chi connectivity index (χ1n) is 9.83. The highest BCUT2D eigenvalue weighted by atomic mass is 16.6. The molecule has 8 nitrogen and oxygen atoms in total. The van der Waals surface area contributed by atoms with Gasteiger partial charge in [-0.1, -0.05) is 26.0 Å². The summed E-state index contributed by atoms with van der Waals surface area (Å²) in [5.41, 5.74) is 1.05. The number of nitro groups is 1. The summed E-state index contributed by atoms with van der Waals surface area (Å²) in [5.74, 6) is -2.57. The first kappa shape index (κ1) is 21.5. The Balaban J connectivity index is 2.24. The molecular weight excluding hydrogens is 388 g/mol. The lowest BCUT2D eigenvalue weighted by Crippen LogP contribution is -2.43. The summed E-state index contributed by atoms with van der Waals surface area (Å²) in [4.78, 5) is 36.8. The van der Waals surface area contributed by atoms with Crippen molar-refractivity contribution in [2.45, 2.75) is 53.1 Å². The molecule has 0 amide bonds. The summed E-state index contributed by atoms with van der Waals surface area (Å²) >= 11 is 0. The number of benzene rings is 1. The molecule has 1 aromatic rings. The van der Waals surface area contributed by atoms with Gasteiger partial charge in [0.25, 0.3) is 0 Å². The molecule has 2 N–H and O–H groups in total. The lowest BCUT2D eigenvalue weighted by atomic mass is 9.66. The smallest absolute Gasteiger partial charge is 0.336 e. The number of ketones is 1.